The molecule has 2 aromatic heterocycles. The third kappa shape index (κ3) is 3.30. The maximum absolute atomic E-state index is 6.02. The largest absolute Gasteiger partial charge is 0.494 e. The standard InChI is InChI=1S/C25H25N3O/c1-2-29-23-12-6-4-10-21(23)25-24-20(19-9-3-5-11-22(19)27-24)13-15-28(25)17-18-8-7-14-26-16-18/h3-12,14,16,25,27H,2,13,15,17H2,1H3/t25-/m1/s1. The molecule has 1 aliphatic rings. The number of aromatic nitrogens is 2. The minimum Gasteiger partial charge on any atom is -0.494 e. The lowest BCUT2D eigenvalue weighted by atomic mass is 9.91. The van der Waals surface area contributed by atoms with Crippen LogP contribution in [0.5, 0.6) is 5.75 Å². The molecule has 3 heterocycles. The van der Waals surface area contributed by atoms with E-state index in [1.54, 1.807) is 0 Å². The van der Waals surface area contributed by atoms with E-state index in [0.29, 0.717) is 6.61 Å². The predicted molar refractivity (Wildman–Crippen MR) is 116 cm³/mol. The van der Waals surface area contributed by atoms with Crippen LogP contribution in [0.1, 0.15) is 35.3 Å². The number of pyridine rings is 1. The van der Waals surface area contributed by atoms with Gasteiger partial charge in [0.1, 0.15) is 5.75 Å². The molecule has 2 aromatic carbocycles. The quantitative estimate of drug-likeness (QED) is 0.521. The summed E-state index contributed by atoms with van der Waals surface area (Å²) < 4.78 is 6.02. The lowest BCUT2D eigenvalue weighted by Crippen LogP contribution is -2.36. The Morgan fingerprint density at radius 3 is 2.79 bits per heavy atom. The average Bonchev–Trinajstić information content (AvgIpc) is 3.14. The van der Waals surface area contributed by atoms with Crippen molar-refractivity contribution < 1.29 is 4.74 Å². The Morgan fingerprint density at radius 1 is 1.07 bits per heavy atom. The Morgan fingerprint density at radius 2 is 1.93 bits per heavy atom. The molecule has 0 bridgehead atoms. The van der Waals surface area contributed by atoms with Gasteiger partial charge in [-0.25, -0.2) is 0 Å². The first-order chi connectivity index (χ1) is 14.3. The molecule has 1 aliphatic heterocycles. The summed E-state index contributed by atoms with van der Waals surface area (Å²) >= 11 is 0. The first-order valence-electron chi connectivity index (χ1n) is 10.3. The predicted octanol–water partition coefficient (Wildman–Crippen LogP) is 5.11. The van der Waals surface area contributed by atoms with Crippen LogP contribution in [0.4, 0.5) is 0 Å². The SMILES string of the molecule is CCOc1ccccc1[C@@H]1c2[nH]c3ccccc3c2CCN1Cc1cccnc1. The van der Waals surface area contributed by atoms with E-state index in [9.17, 15) is 0 Å². The van der Waals surface area contributed by atoms with Crippen molar-refractivity contribution in [1.29, 1.82) is 0 Å². The van der Waals surface area contributed by atoms with Crippen LogP contribution in [0.2, 0.25) is 0 Å². The molecule has 0 saturated carbocycles. The van der Waals surface area contributed by atoms with Crippen molar-refractivity contribution >= 4 is 10.9 Å². The zero-order valence-electron chi connectivity index (χ0n) is 16.6. The van der Waals surface area contributed by atoms with E-state index >= 15 is 0 Å². The normalized spacial score (nSPS) is 16.7. The summed E-state index contributed by atoms with van der Waals surface area (Å²) in [7, 11) is 0. The molecule has 0 radical (unpaired) electrons. The van der Waals surface area contributed by atoms with Crippen molar-refractivity contribution in [2.45, 2.75) is 25.9 Å². The van der Waals surface area contributed by atoms with Crippen LogP contribution in [0.25, 0.3) is 10.9 Å². The molecule has 1 atom stereocenters. The second-order valence-electron chi connectivity index (χ2n) is 7.52. The van der Waals surface area contributed by atoms with Crippen molar-refractivity contribution in [3.63, 3.8) is 0 Å². The van der Waals surface area contributed by atoms with Gasteiger partial charge in [0.2, 0.25) is 0 Å². The van der Waals surface area contributed by atoms with Crippen LogP contribution in [0.15, 0.2) is 73.1 Å². The van der Waals surface area contributed by atoms with E-state index in [2.05, 4.69) is 69.5 Å². The Balaban J connectivity index is 1.65. The van der Waals surface area contributed by atoms with Crippen LogP contribution in [0.3, 0.4) is 0 Å². The third-order valence-corrected chi connectivity index (χ3v) is 5.76. The number of hydrogen-bond acceptors (Lipinski definition) is 3. The first kappa shape index (κ1) is 18.0. The van der Waals surface area contributed by atoms with Gasteiger partial charge < -0.3 is 9.72 Å². The molecular formula is C25H25N3O. The minimum absolute atomic E-state index is 0.120. The van der Waals surface area contributed by atoms with E-state index in [1.165, 1.54) is 33.3 Å². The molecule has 0 amide bonds. The van der Waals surface area contributed by atoms with Crippen LogP contribution in [0, 0.1) is 0 Å². The molecule has 29 heavy (non-hydrogen) atoms. The molecule has 4 nitrogen and oxygen atoms in total. The summed E-state index contributed by atoms with van der Waals surface area (Å²) in [6, 6.07) is 21.3. The molecule has 4 aromatic rings. The fourth-order valence-corrected chi connectivity index (χ4v) is 4.53. The number of ether oxygens (including phenoxy) is 1. The lowest BCUT2D eigenvalue weighted by Gasteiger charge is -2.36. The molecular weight excluding hydrogens is 358 g/mol. The van der Waals surface area contributed by atoms with Crippen molar-refractivity contribution in [2.24, 2.45) is 0 Å². The number of aromatic amines is 1. The monoisotopic (exact) mass is 383 g/mol. The van der Waals surface area contributed by atoms with Gasteiger partial charge in [-0.15, -0.1) is 0 Å². The lowest BCUT2D eigenvalue weighted by molar-refractivity contribution is 0.196. The highest BCUT2D eigenvalue weighted by Gasteiger charge is 2.33. The zero-order chi connectivity index (χ0) is 19.6. The van der Waals surface area contributed by atoms with Gasteiger partial charge in [-0.05, 0) is 42.7 Å². The van der Waals surface area contributed by atoms with Crippen molar-refractivity contribution in [1.82, 2.24) is 14.9 Å². The fourth-order valence-electron chi connectivity index (χ4n) is 4.53. The molecule has 0 unspecified atom stereocenters. The van der Waals surface area contributed by atoms with Crippen LogP contribution in [-0.4, -0.2) is 28.0 Å². The fraction of sp³-hybridized carbons (Fsp3) is 0.240. The molecule has 5 rings (SSSR count). The molecule has 1 N–H and O–H groups in total. The topological polar surface area (TPSA) is 41.1 Å². The summed E-state index contributed by atoms with van der Waals surface area (Å²) in [6.45, 7) is 4.55. The minimum atomic E-state index is 0.120. The van der Waals surface area contributed by atoms with Gasteiger partial charge in [0.25, 0.3) is 0 Å². The van der Waals surface area contributed by atoms with Gasteiger partial charge in [-0.1, -0.05) is 42.5 Å². The summed E-state index contributed by atoms with van der Waals surface area (Å²) in [5, 5.41) is 1.34. The molecule has 0 saturated heterocycles. The molecule has 4 heteroatoms. The van der Waals surface area contributed by atoms with Crippen molar-refractivity contribution in [3.05, 3.63) is 95.4 Å². The summed E-state index contributed by atoms with van der Waals surface area (Å²) in [5.41, 5.74) is 6.36. The number of benzene rings is 2. The van der Waals surface area contributed by atoms with E-state index in [-0.39, 0.29) is 6.04 Å². The zero-order valence-corrected chi connectivity index (χ0v) is 16.6. The number of hydrogen-bond donors (Lipinski definition) is 1. The van der Waals surface area contributed by atoms with Gasteiger partial charge >= 0.3 is 0 Å². The maximum atomic E-state index is 6.02. The van der Waals surface area contributed by atoms with E-state index in [0.717, 1.165) is 25.3 Å². The van der Waals surface area contributed by atoms with Gasteiger partial charge in [-0.2, -0.15) is 0 Å². The number of H-pyrrole nitrogens is 1. The second-order valence-corrected chi connectivity index (χ2v) is 7.52. The summed E-state index contributed by atoms with van der Waals surface area (Å²) in [6.07, 6.45) is 4.83. The van der Waals surface area contributed by atoms with E-state index < -0.39 is 0 Å². The van der Waals surface area contributed by atoms with Crippen LogP contribution >= 0.6 is 0 Å². The van der Waals surface area contributed by atoms with E-state index in [4.69, 9.17) is 4.74 Å². The number of para-hydroxylation sites is 2. The third-order valence-electron chi connectivity index (χ3n) is 5.76. The average molecular weight is 383 g/mol. The Kier molecular flexibility index (Phi) is 4.78. The number of fused-ring (bicyclic) bond motifs is 3. The Bertz CT molecular complexity index is 1120. The second kappa shape index (κ2) is 7.72. The van der Waals surface area contributed by atoms with Crippen LogP contribution in [-0.2, 0) is 13.0 Å². The molecule has 0 spiro atoms. The number of nitrogens with one attached hydrogen (secondary N) is 1. The first-order valence-corrected chi connectivity index (χ1v) is 10.3. The van der Waals surface area contributed by atoms with Gasteiger partial charge in [-0.3, -0.25) is 9.88 Å². The highest BCUT2D eigenvalue weighted by molar-refractivity contribution is 5.85. The van der Waals surface area contributed by atoms with Gasteiger partial charge in [0.05, 0.1) is 12.6 Å². The number of nitrogens with zero attached hydrogens (tertiary/aromatic N) is 2. The molecule has 0 fully saturated rings. The Hall–Kier alpha value is -3.11. The van der Waals surface area contributed by atoms with Gasteiger partial charge in [0.15, 0.2) is 0 Å². The Labute approximate surface area is 171 Å². The van der Waals surface area contributed by atoms with E-state index in [1.807, 2.05) is 25.4 Å². The van der Waals surface area contributed by atoms with Crippen LogP contribution < -0.4 is 4.74 Å². The molecule has 0 aliphatic carbocycles. The number of rotatable bonds is 5. The summed E-state index contributed by atoms with van der Waals surface area (Å²) in [5.74, 6) is 0.961. The highest BCUT2D eigenvalue weighted by Crippen LogP contribution is 2.41. The highest BCUT2D eigenvalue weighted by atomic mass is 16.5. The van der Waals surface area contributed by atoms with Crippen molar-refractivity contribution in [3.8, 4) is 5.75 Å². The van der Waals surface area contributed by atoms with Gasteiger partial charge in [0, 0.05) is 47.6 Å². The smallest absolute Gasteiger partial charge is 0.124 e. The maximum Gasteiger partial charge on any atom is 0.124 e. The van der Waals surface area contributed by atoms with Crippen molar-refractivity contribution in [2.75, 3.05) is 13.2 Å². The summed E-state index contributed by atoms with van der Waals surface area (Å²) in [4.78, 5) is 10.6. The molecule has 146 valence electrons.